The Labute approximate surface area is 122 Å². The summed E-state index contributed by atoms with van der Waals surface area (Å²) in [6, 6.07) is -0.409. The van der Waals surface area contributed by atoms with Crippen molar-refractivity contribution in [2.75, 3.05) is 26.9 Å². The van der Waals surface area contributed by atoms with Crippen molar-refractivity contribution in [1.82, 2.24) is 9.78 Å². The fourth-order valence-electron chi connectivity index (χ4n) is 1.77. The van der Waals surface area contributed by atoms with Crippen LogP contribution in [0.3, 0.4) is 0 Å². The fourth-order valence-corrected chi connectivity index (χ4v) is 2.33. The first-order chi connectivity index (χ1) is 9.15. The van der Waals surface area contributed by atoms with E-state index in [1.54, 1.807) is 13.3 Å². The van der Waals surface area contributed by atoms with Gasteiger partial charge in [0.2, 0.25) is 0 Å². The van der Waals surface area contributed by atoms with Crippen LogP contribution in [0, 0.1) is 0 Å². The SMILES string of the molecule is CCOC(OCC)C(N)c1c(Br)cnn1CCOC. The smallest absolute Gasteiger partial charge is 0.178 e. The summed E-state index contributed by atoms with van der Waals surface area (Å²) >= 11 is 3.46. The molecular formula is C12H22BrN3O3. The summed E-state index contributed by atoms with van der Waals surface area (Å²) in [5.41, 5.74) is 7.10. The molecule has 110 valence electrons. The summed E-state index contributed by atoms with van der Waals surface area (Å²) in [5, 5.41) is 4.28. The summed E-state index contributed by atoms with van der Waals surface area (Å²) in [6.07, 6.45) is 1.24. The highest BCUT2D eigenvalue weighted by molar-refractivity contribution is 9.10. The molecule has 0 saturated heterocycles. The first-order valence-electron chi connectivity index (χ1n) is 6.34. The van der Waals surface area contributed by atoms with Gasteiger partial charge in [-0.2, -0.15) is 5.10 Å². The van der Waals surface area contributed by atoms with Gasteiger partial charge in [0.25, 0.3) is 0 Å². The molecule has 0 amide bonds. The lowest BCUT2D eigenvalue weighted by Crippen LogP contribution is -2.34. The van der Waals surface area contributed by atoms with E-state index >= 15 is 0 Å². The molecule has 19 heavy (non-hydrogen) atoms. The molecular weight excluding hydrogens is 314 g/mol. The molecule has 1 aromatic rings. The van der Waals surface area contributed by atoms with Gasteiger partial charge in [0.05, 0.1) is 35.6 Å². The van der Waals surface area contributed by atoms with Gasteiger partial charge in [0, 0.05) is 20.3 Å². The Morgan fingerprint density at radius 2 is 2.00 bits per heavy atom. The van der Waals surface area contributed by atoms with Gasteiger partial charge in [-0.3, -0.25) is 4.68 Å². The van der Waals surface area contributed by atoms with Gasteiger partial charge in [-0.05, 0) is 29.8 Å². The highest BCUT2D eigenvalue weighted by Gasteiger charge is 2.26. The lowest BCUT2D eigenvalue weighted by molar-refractivity contribution is -0.150. The third-order valence-corrected chi connectivity index (χ3v) is 3.22. The normalized spacial score (nSPS) is 13.2. The molecule has 0 aromatic carbocycles. The molecule has 1 unspecified atom stereocenters. The first kappa shape index (κ1) is 16.6. The third kappa shape index (κ3) is 4.54. The molecule has 1 aromatic heterocycles. The quantitative estimate of drug-likeness (QED) is 0.695. The molecule has 6 nitrogen and oxygen atoms in total. The van der Waals surface area contributed by atoms with Gasteiger partial charge in [0.1, 0.15) is 0 Å². The number of hydrogen-bond acceptors (Lipinski definition) is 5. The molecule has 0 spiro atoms. The molecule has 0 aliphatic rings. The summed E-state index contributed by atoms with van der Waals surface area (Å²) in [4.78, 5) is 0. The molecule has 1 atom stereocenters. The Morgan fingerprint density at radius 3 is 2.53 bits per heavy atom. The van der Waals surface area contributed by atoms with Gasteiger partial charge >= 0.3 is 0 Å². The molecule has 0 aliphatic carbocycles. The van der Waals surface area contributed by atoms with E-state index < -0.39 is 12.3 Å². The van der Waals surface area contributed by atoms with Crippen LogP contribution in [0.4, 0.5) is 0 Å². The van der Waals surface area contributed by atoms with E-state index in [1.165, 1.54) is 0 Å². The van der Waals surface area contributed by atoms with E-state index in [2.05, 4.69) is 21.0 Å². The van der Waals surface area contributed by atoms with Crippen molar-refractivity contribution in [3.63, 3.8) is 0 Å². The molecule has 7 heteroatoms. The van der Waals surface area contributed by atoms with Crippen LogP contribution in [0.2, 0.25) is 0 Å². The van der Waals surface area contributed by atoms with Gasteiger partial charge in [-0.1, -0.05) is 0 Å². The molecule has 0 bridgehead atoms. The topological polar surface area (TPSA) is 71.5 Å². The lowest BCUT2D eigenvalue weighted by Gasteiger charge is -2.24. The summed E-state index contributed by atoms with van der Waals surface area (Å²) in [6.45, 7) is 6.12. The second-order valence-electron chi connectivity index (χ2n) is 3.90. The van der Waals surface area contributed by atoms with Gasteiger partial charge < -0.3 is 19.9 Å². The molecule has 2 N–H and O–H groups in total. The number of aromatic nitrogens is 2. The van der Waals surface area contributed by atoms with E-state index in [-0.39, 0.29) is 0 Å². The number of hydrogen-bond donors (Lipinski definition) is 1. The summed E-state index contributed by atoms with van der Waals surface area (Å²) in [7, 11) is 1.65. The van der Waals surface area contributed by atoms with Crippen LogP contribution in [0.5, 0.6) is 0 Å². The van der Waals surface area contributed by atoms with Crippen LogP contribution < -0.4 is 5.73 Å². The van der Waals surface area contributed by atoms with Crippen molar-refractivity contribution in [3.8, 4) is 0 Å². The average Bonchev–Trinajstić information content (AvgIpc) is 2.76. The Morgan fingerprint density at radius 1 is 1.37 bits per heavy atom. The largest absolute Gasteiger partial charge is 0.383 e. The van der Waals surface area contributed by atoms with Crippen molar-refractivity contribution in [3.05, 3.63) is 16.4 Å². The Hall–Kier alpha value is -0.470. The van der Waals surface area contributed by atoms with Gasteiger partial charge in [-0.25, -0.2) is 0 Å². The lowest BCUT2D eigenvalue weighted by atomic mass is 10.2. The molecule has 1 heterocycles. The van der Waals surface area contributed by atoms with Crippen LogP contribution in [-0.2, 0) is 20.8 Å². The monoisotopic (exact) mass is 335 g/mol. The maximum atomic E-state index is 6.25. The van der Waals surface area contributed by atoms with E-state index in [0.29, 0.717) is 26.4 Å². The predicted octanol–water partition coefficient (Wildman–Crippen LogP) is 1.69. The molecule has 0 fully saturated rings. The maximum absolute atomic E-state index is 6.25. The number of halogens is 1. The van der Waals surface area contributed by atoms with Gasteiger partial charge in [0.15, 0.2) is 6.29 Å². The zero-order chi connectivity index (χ0) is 14.3. The highest BCUT2D eigenvalue weighted by Crippen LogP contribution is 2.25. The van der Waals surface area contributed by atoms with Crippen LogP contribution in [0.25, 0.3) is 0 Å². The van der Waals surface area contributed by atoms with E-state index in [4.69, 9.17) is 19.9 Å². The zero-order valence-corrected chi connectivity index (χ0v) is 13.2. The maximum Gasteiger partial charge on any atom is 0.178 e. The predicted molar refractivity (Wildman–Crippen MR) is 75.8 cm³/mol. The summed E-state index contributed by atoms with van der Waals surface area (Å²) < 4.78 is 18.8. The standard InChI is InChI=1S/C12H22BrN3O3/c1-4-18-12(19-5-2)10(14)11-9(13)8-15-16(11)6-7-17-3/h8,10,12H,4-7,14H2,1-3H3. The Balaban J connectivity index is 2.88. The van der Waals surface area contributed by atoms with Crippen molar-refractivity contribution >= 4 is 15.9 Å². The average molecular weight is 336 g/mol. The highest BCUT2D eigenvalue weighted by atomic mass is 79.9. The first-order valence-corrected chi connectivity index (χ1v) is 7.13. The van der Waals surface area contributed by atoms with E-state index in [1.807, 2.05) is 18.5 Å². The van der Waals surface area contributed by atoms with Crippen molar-refractivity contribution < 1.29 is 14.2 Å². The van der Waals surface area contributed by atoms with Crippen molar-refractivity contribution in [2.45, 2.75) is 32.7 Å². The van der Waals surface area contributed by atoms with Crippen LogP contribution in [-0.4, -0.2) is 43.0 Å². The van der Waals surface area contributed by atoms with Crippen molar-refractivity contribution in [2.24, 2.45) is 5.73 Å². The van der Waals surface area contributed by atoms with Gasteiger partial charge in [-0.15, -0.1) is 0 Å². The minimum atomic E-state index is -0.482. The second-order valence-corrected chi connectivity index (χ2v) is 4.75. The molecule has 0 radical (unpaired) electrons. The molecule has 0 saturated carbocycles. The second kappa shape index (κ2) is 8.65. The molecule has 1 rings (SSSR count). The number of methoxy groups -OCH3 is 1. The molecule has 0 aliphatic heterocycles. The number of ether oxygens (including phenoxy) is 3. The fraction of sp³-hybridized carbons (Fsp3) is 0.750. The third-order valence-electron chi connectivity index (χ3n) is 2.61. The van der Waals surface area contributed by atoms with E-state index in [0.717, 1.165) is 10.2 Å². The summed E-state index contributed by atoms with van der Waals surface area (Å²) in [5.74, 6) is 0. The Kier molecular flexibility index (Phi) is 7.55. The minimum absolute atomic E-state index is 0.409. The van der Waals surface area contributed by atoms with Crippen LogP contribution in [0.1, 0.15) is 25.6 Å². The number of nitrogens with two attached hydrogens (primary N) is 1. The van der Waals surface area contributed by atoms with Crippen LogP contribution in [0.15, 0.2) is 10.7 Å². The van der Waals surface area contributed by atoms with Crippen LogP contribution >= 0.6 is 15.9 Å². The zero-order valence-electron chi connectivity index (χ0n) is 11.6. The number of rotatable bonds is 9. The minimum Gasteiger partial charge on any atom is -0.383 e. The number of nitrogens with zero attached hydrogens (tertiary/aromatic N) is 2. The van der Waals surface area contributed by atoms with Crippen molar-refractivity contribution in [1.29, 1.82) is 0 Å². The van der Waals surface area contributed by atoms with E-state index in [9.17, 15) is 0 Å². The Bertz CT molecular complexity index is 367.